The molecule has 1 aromatic rings. The Bertz CT molecular complexity index is 610. The summed E-state index contributed by atoms with van der Waals surface area (Å²) in [5.41, 5.74) is 2.12. The number of carbonyl (C=O) groups excluding carboxylic acids is 1. The van der Waals surface area contributed by atoms with E-state index < -0.39 is 0 Å². The van der Waals surface area contributed by atoms with Crippen molar-refractivity contribution < 1.29 is 9.53 Å². The fourth-order valence-electron chi connectivity index (χ4n) is 4.93. The second-order valence-electron chi connectivity index (χ2n) is 9.10. The highest BCUT2D eigenvalue weighted by Gasteiger charge is 2.39. The van der Waals surface area contributed by atoms with Crippen LogP contribution in [-0.2, 0) is 22.6 Å². The van der Waals surface area contributed by atoms with Crippen molar-refractivity contribution in [2.24, 2.45) is 17.3 Å². The van der Waals surface area contributed by atoms with Crippen LogP contribution >= 0.6 is 0 Å². The smallest absolute Gasteiger partial charge is 0.228 e. The summed E-state index contributed by atoms with van der Waals surface area (Å²) >= 11 is 0. The van der Waals surface area contributed by atoms with Crippen molar-refractivity contribution in [1.82, 2.24) is 15.5 Å². The van der Waals surface area contributed by atoms with Crippen molar-refractivity contribution in [1.29, 1.82) is 0 Å². The number of benzene rings is 1. The molecule has 2 N–H and O–H groups in total. The van der Waals surface area contributed by atoms with E-state index in [2.05, 4.69) is 53.6 Å². The van der Waals surface area contributed by atoms with Gasteiger partial charge in [-0.2, -0.15) is 0 Å². The van der Waals surface area contributed by atoms with E-state index in [0.717, 1.165) is 49.9 Å². The van der Waals surface area contributed by atoms with Crippen molar-refractivity contribution in [2.75, 3.05) is 39.9 Å². The van der Waals surface area contributed by atoms with Crippen LogP contribution in [-0.4, -0.2) is 50.7 Å². The molecular weight excluding hydrogens is 350 g/mol. The minimum atomic E-state index is -0.387. The first-order valence-corrected chi connectivity index (χ1v) is 10.8. The van der Waals surface area contributed by atoms with Crippen LogP contribution in [0.15, 0.2) is 24.3 Å². The van der Waals surface area contributed by atoms with Gasteiger partial charge in [0.2, 0.25) is 5.91 Å². The van der Waals surface area contributed by atoms with Crippen molar-refractivity contribution in [3.05, 3.63) is 35.4 Å². The van der Waals surface area contributed by atoms with Gasteiger partial charge in [0.15, 0.2) is 0 Å². The van der Waals surface area contributed by atoms with Gasteiger partial charge in [0.05, 0.1) is 12.0 Å². The van der Waals surface area contributed by atoms with Gasteiger partial charge in [0.25, 0.3) is 0 Å². The van der Waals surface area contributed by atoms with Crippen molar-refractivity contribution in [3.8, 4) is 0 Å². The number of likely N-dealkylation sites (tertiary alicyclic amines) is 1. The van der Waals surface area contributed by atoms with Gasteiger partial charge in [-0.15, -0.1) is 0 Å². The number of carbonyl (C=O) groups is 1. The molecule has 5 nitrogen and oxygen atoms in total. The van der Waals surface area contributed by atoms with Crippen LogP contribution in [0.1, 0.15) is 44.2 Å². The molecule has 0 bridgehead atoms. The Kier molecular flexibility index (Phi) is 7.49. The van der Waals surface area contributed by atoms with Crippen LogP contribution in [0, 0.1) is 17.3 Å². The summed E-state index contributed by atoms with van der Waals surface area (Å²) in [7, 11) is 1.68. The summed E-state index contributed by atoms with van der Waals surface area (Å²) in [6.07, 6.45) is 3.01. The predicted octanol–water partition coefficient (Wildman–Crippen LogP) is 2.80. The lowest BCUT2D eigenvalue weighted by molar-refractivity contribution is -0.136. The van der Waals surface area contributed by atoms with E-state index in [-0.39, 0.29) is 11.3 Å². The minimum Gasteiger partial charge on any atom is -0.384 e. The Morgan fingerprint density at radius 3 is 2.36 bits per heavy atom. The molecule has 28 heavy (non-hydrogen) atoms. The maximum atomic E-state index is 12.8. The number of methoxy groups -OCH3 is 1. The molecule has 0 spiro atoms. The molecule has 1 amide bonds. The zero-order valence-corrected chi connectivity index (χ0v) is 17.8. The van der Waals surface area contributed by atoms with Gasteiger partial charge in [-0.1, -0.05) is 38.1 Å². The third kappa shape index (κ3) is 5.56. The largest absolute Gasteiger partial charge is 0.384 e. The quantitative estimate of drug-likeness (QED) is 0.755. The van der Waals surface area contributed by atoms with Gasteiger partial charge < -0.3 is 15.4 Å². The average molecular weight is 388 g/mol. The zero-order valence-electron chi connectivity index (χ0n) is 17.8. The number of piperidine rings is 2. The lowest BCUT2D eigenvalue weighted by Crippen LogP contribution is -2.49. The van der Waals surface area contributed by atoms with Crippen LogP contribution in [0.3, 0.4) is 0 Å². The van der Waals surface area contributed by atoms with E-state index >= 15 is 0 Å². The van der Waals surface area contributed by atoms with E-state index in [0.29, 0.717) is 13.2 Å². The zero-order chi connectivity index (χ0) is 20.0. The highest BCUT2D eigenvalue weighted by atomic mass is 16.5. The number of nitrogens with zero attached hydrogens (tertiary/aromatic N) is 1. The highest BCUT2D eigenvalue weighted by molar-refractivity contribution is 5.83. The number of hydrogen-bond acceptors (Lipinski definition) is 4. The Hall–Kier alpha value is -1.43. The summed E-state index contributed by atoms with van der Waals surface area (Å²) in [6.45, 7) is 10.9. The molecule has 2 aliphatic heterocycles. The molecule has 0 saturated carbocycles. The molecule has 156 valence electrons. The number of hydrogen-bond donors (Lipinski definition) is 2. The average Bonchev–Trinajstić information content (AvgIpc) is 2.67. The first-order valence-electron chi connectivity index (χ1n) is 10.8. The number of ether oxygens (including phenoxy) is 1. The third-order valence-electron chi connectivity index (χ3n) is 6.29. The van der Waals surface area contributed by atoms with Crippen molar-refractivity contribution in [3.63, 3.8) is 0 Å². The van der Waals surface area contributed by atoms with E-state index in [1.165, 1.54) is 25.1 Å². The first-order chi connectivity index (χ1) is 13.5. The molecule has 2 atom stereocenters. The molecular formula is C23H37N3O2. The molecule has 2 saturated heterocycles. The molecule has 2 aliphatic rings. The molecule has 0 aliphatic carbocycles. The Morgan fingerprint density at radius 2 is 1.75 bits per heavy atom. The molecule has 0 aromatic heterocycles. The minimum absolute atomic E-state index is 0.121. The van der Waals surface area contributed by atoms with Gasteiger partial charge in [0.1, 0.15) is 0 Å². The number of rotatable bonds is 7. The summed E-state index contributed by atoms with van der Waals surface area (Å²) < 4.78 is 5.37. The van der Waals surface area contributed by atoms with E-state index in [1.54, 1.807) is 7.11 Å². The van der Waals surface area contributed by atoms with E-state index in [9.17, 15) is 4.79 Å². The lowest BCUT2D eigenvalue weighted by Gasteiger charge is -2.35. The fourth-order valence-corrected chi connectivity index (χ4v) is 4.93. The Labute approximate surface area is 170 Å². The standard InChI is InChI=1S/C23H37N3O2/c1-18-12-19(2)15-26(14-18)16-21-6-4-20(5-7-21)13-25-22(27)23(17-28-3)8-10-24-11-9-23/h4-7,18-19,24H,8-17H2,1-3H3,(H,25,27). The first kappa shape index (κ1) is 21.3. The number of amides is 1. The van der Waals surface area contributed by atoms with Gasteiger partial charge in [-0.3, -0.25) is 9.69 Å². The fraction of sp³-hybridized carbons (Fsp3) is 0.696. The maximum Gasteiger partial charge on any atom is 0.228 e. The maximum absolute atomic E-state index is 12.8. The Balaban J connectivity index is 1.52. The van der Waals surface area contributed by atoms with Gasteiger partial charge >= 0.3 is 0 Å². The monoisotopic (exact) mass is 387 g/mol. The summed E-state index contributed by atoms with van der Waals surface area (Å²) in [5, 5.41) is 6.48. The molecule has 1 aromatic carbocycles. The summed E-state index contributed by atoms with van der Waals surface area (Å²) in [6, 6.07) is 8.72. The molecule has 2 unspecified atom stereocenters. The summed E-state index contributed by atoms with van der Waals surface area (Å²) in [5.74, 6) is 1.69. The SMILES string of the molecule is COCC1(C(=O)NCc2ccc(CN3CC(C)CC(C)C3)cc2)CCNCC1. The van der Waals surface area contributed by atoms with Gasteiger partial charge in [-0.05, 0) is 55.3 Å². The molecule has 2 heterocycles. The Morgan fingerprint density at radius 1 is 1.14 bits per heavy atom. The van der Waals surface area contributed by atoms with Crippen LogP contribution in [0.4, 0.5) is 0 Å². The van der Waals surface area contributed by atoms with Crippen LogP contribution in [0.5, 0.6) is 0 Å². The molecule has 2 fully saturated rings. The van der Waals surface area contributed by atoms with Crippen LogP contribution in [0.2, 0.25) is 0 Å². The molecule has 3 rings (SSSR count). The van der Waals surface area contributed by atoms with E-state index in [1.807, 2.05) is 0 Å². The van der Waals surface area contributed by atoms with Crippen molar-refractivity contribution in [2.45, 2.75) is 46.2 Å². The second kappa shape index (κ2) is 9.86. The molecule has 5 heteroatoms. The van der Waals surface area contributed by atoms with E-state index in [4.69, 9.17) is 4.74 Å². The summed E-state index contributed by atoms with van der Waals surface area (Å²) in [4.78, 5) is 15.4. The van der Waals surface area contributed by atoms with Crippen LogP contribution < -0.4 is 10.6 Å². The lowest BCUT2D eigenvalue weighted by atomic mass is 9.78. The molecule has 0 radical (unpaired) electrons. The van der Waals surface area contributed by atoms with Gasteiger partial charge in [0, 0.05) is 33.3 Å². The van der Waals surface area contributed by atoms with Crippen LogP contribution in [0.25, 0.3) is 0 Å². The van der Waals surface area contributed by atoms with Crippen molar-refractivity contribution >= 4 is 5.91 Å². The van der Waals surface area contributed by atoms with Gasteiger partial charge in [-0.25, -0.2) is 0 Å². The topological polar surface area (TPSA) is 53.6 Å². The second-order valence-corrected chi connectivity index (χ2v) is 9.10. The normalized spacial score (nSPS) is 25.4. The highest BCUT2D eigenvalue weighted by Crippen LogP contribution is 2.29. The third-order valence-corrected chi connectivity index (χ3v) is 6.29. The predicted molar refractivity (Wildman–Crippen MR) is 113 cm³/mol. The number of nitrogens with one attached hydrogen (secondary N) is 2.